The van der Waals surface area contributed by atoms with Crippen molar-refractivity contribution < 1.29 is 48.8 Å². The number of rotatable bonds is 8. The number of alkyl halides is 6. The molecule has 0 heterocycles. The number of diazo groups is 1. The van der Waals surface area contributed by atoms with Crippen molar-refractivity contribution in [3.63, 3.8) is 0 Å². The van der Waals surface area contributed by atoms with Crippen LogP contribution in [-0.2, 0) is 10.1 Å². The topological polar surface area (TPSA) is 104 Å². The molecule has 0 aromatic heterocycles. The van der Waals surface area contributed by atoms with Crippen molar-refractivity contribution >= 4 is 27.6 Å². The van der Waals surface area contributed by atoms with Gasteiger partial charge in [0, 0.05) is 11.0 Å². The highest BCUT2D eigenvalue weighted by molar-refractivity contribution is 7.99. The van der Waals surface area contributed by atoms with Crippen molar-refractivity contribution in [2.24, 2.45) is 0 Å². The van der Waals surface area contributed by atoms with Crippen LogP contribution in [0.4, 0.5) is 32.0 Å². The second kappa shape index (κ2) is 12.3. The van der Waals surface area contributed by atoms with E-state index < -0.39 is 27.7 Å². The van der Waals surface area contributed by atoms with Gasteiger partial charge in [0.1, 0.15) is 5.75 Å². The summed E-state index contributed by atoms with van der Waals surface area (Å²) >= 11 is 1.59. The first-order valence-corrected chi connectivity index (χ1v) is 11.9. The second-order valence-electron chi connectivity index (χ2n) is 6.57. The summed E-state index contributed by atoms with van der Waals surface area (Å²) in [6.45, 7) is 6.92. The Kier molecular flexibility index (Phi) is 10.7. The van der Waals surface area contributed by atoms with Crippen molar-refractivity contribution in [2.75, 3.05) is 13.2 Å². The number of nitrogens with zero attached hydrogens (tertiary/aromatic N) is 2. The quantitative estimate of drug-likeness (QED) is 0.213. The zero-order valence-corrected chi connectivity index (χ0v) is 20.1. The van der Waals surface area contributed by atoms with E-state index in [4.69, 9.17) is 14.9 Å². The van der Waals surface area contributed by atoms with Crippen LogP contribution in [0.15, 0.2) is 46.2 Å². The minimum absolute atomic E-state index is 0.374. The molecule has 0 aliphatic carbocycles. The highest BCUT2D eigenvalue weighted by atomic mass is 32.2. The fraction of sp³-hybridized carbons (Fsp3) is 0.400. The molecule has 0 amide bonds. The lowest BCUT2D eigenvalue weighted by Crippen LogP contribution is -2.46. The van der Waals surface area contributed by atoms with E-state index in [9.17, 15) is 39.3 Å². The van der Waals surface area contributed by atoms with Gasteiger partial charge in [0.25, 0.3) is 6.17 Å². The van der Waals surface area contributed by atoms with Gasteiger partial charge >= 0.3 is 17.1 Å². The number of hydrogen-bond donors (Lipinski definition) is 0. The molecule has 0 saturated heterocycles. The average Bonchev–Trinajstić information content (AvgIpc) is 2.75. The van der Waals surface area contributed by atoms with Gasteiger partial charge in [0.05, 0.1) is 24.2 Å². The molecular weight excluding hydrogens is 526 g/mol. The summed E-state index contributed by atoms with van der Waals surface area (Å²) in [6.07, 6.45) is -11.1. The minimum Gasteiger partial charge on any atom is -0.743 e. The monoisotopic (exact) mass is 546 g/mol. The molecule has 0 N–H and O–H groups in total. The molecule has 0 bridgehead atoms. The standard InChI is InChI=1S/C17H19N2O2S.C3H2F6O3S/c1-4-20-15-11-17(16(21-5-2)10-14(15)19-18)22-13-8-6-12(3)7-9-13;4-1(2(5,6)7)3(8,9)13(10,11)12/h6-11H,4-5H2,1-3H3;1H,(H,10,11,12)/q+1;/p-1. The van der Waals surface area contributed by atoms with Crippen molar-refractivity contribution in [1.29, 1.82) is 5.39 Å². The first-order chi connectivity index (χ1) is 16.1. The number of hydrogen-bond acceptors (Lipinski definition) is 7. The van der Waals surface area contributed by atoms with Crippen LogP contribution in [0.2, 0.25) is 0 Å². The van der Waals surface area contributed by atoms with E-state index in [2.05, 4.69) is 36.2 Å². The lowest BCUT2D eigenvalue weighted by Gasteiger charge is -2.24. The summed E-state index contributed by atoms with van der Waals surface area (Å²) in [5, 5.41) is 3.14. The zero-order chi connectivity index (χ0) is 27.0. The maximum Gasteiger partial charge on any atom is 0.430 e. The molecule has 194 valence electrons. The third-order valence-corrected chi connectivity index (χ3v) is 5.82. The molecule has 15 heteroatoms. The predicted octanol–water partition coefficient (Wildman–Crippen LogP) is 6.45. The molecule has 2 rings (SSSR count). The summed E-state index contributed by atoms with van der Waals surface area (Å²) in [5.41, 5.74) is 1.59. The number of benzene rings is 2. The van der Waals surface area contributed by atoms with E-state index in [1.165, 1.54) is 5.56 Å². The molecule has 2 aromatic rings. The highest BCUT2D eigenvalue weighted by Crippen LogP contribution is 2.43. The van der Waals surface area contributed by atoms with E-state index in [0.29, 0.717) is 30.4 Å². The summed E-state index contributed by atoms with van der Waals surface area (Å²) in [4.78, 5) is 5.32. The summed E-state index contributed by atoms with van der Waals surface area (Å²) < 4.78 is 109. The van der Waals surface area contributed by atoms with Crippen LogP contribution in [0.25, 0.3) is 4.98 Å². The van der Waals surface area contributed by atoms with Gasteiger partial charge in [-0.2, -0.15) is 22.0 Å². The van der Waals surface area contributed by atoms with Crippen LogP contribution in [0.3, 0.4) is 0 Å². The van der Waals surface area contributed by atoms with Crippen LogP contribution in [0.5, 0.6) is 11.5 Å². The Bertz CT molecular complexity index is 1140. The average molecular weight is 547 g/mol. The molecule has 0 radical (unpaired) electrons. The predicted molar refractivity (Wildman–Crippen MR) is 114 cm³/mol. The van der Waals surface area contributed by atoms with Gasteiger partial charge in [-0.3, -0.25) is 0 Å². The molecule has 0 aliphatic heterocycles. The van der Waals surface area contributed by atoms with Crippen LogP contribution >= 0.6 is 11.8 Å². The lowest BCUT2D eigenvalue weighted by atomic mass is 10.2. The molecule has 2 aromatic carbocycles. The second-order valence-corrected chi connectivity index (χ2v) is 9.14. The van der Waals surface area contributed by atoms with Gasteiger partial charge < -0.3 is 14.0 Å². The van der Waals surface area contributed by atoms with E-state index in [0.717, 1.165) is 9.79 Å². The summed E-state index contributed by atoms with van der Waals surface area (Å²) in [7, 11) is -6.66. The first-order valence-electron chi connectivity index (χ1n) is 9.65. The Morgan fingerprint density at radius 1 is 1.03 bits per heavy atom. The molecule has 0 spiro atoms. The molecule has 0 fully saturated rings. The van der Waals surface area contributed by atoms with Crippen molar-refractivity contribution in [1.82, 2.24) is 0 Å². The van der Waals surface area contributed by atoms with Crippen molar-refractivity contribution in [3.05, 3.63) is 46.9 Å². The van der Waals surface area contributed by atoms with Gasteiger partial charge in [0.15, 0.2) is 15.1 Å². The first kappa shape index (κ1) is 30.3. The number of ether oxygens (including phenoxy) is 2. The molecule has 0 saturated carbocycles. The minimum atomic E-state index is -6.66. The molecule has 0 aliphatic rings. The fourth-order valence-corrected chi connectivity index (χ4v) is 3.58. The molecule has 1 unspecified atom stereocenters. The normalized spacial score (nSPS) is 12.7. The largest absolute Gasteiger partial charge is 0.743 e. The number of halogens is 6. The number of aryl methyl sites for hydroxylation is 1. The SMILES string of the molecule is CCOc1cc(Sc2ccc(C)cc2)c(OCC)cc1[N+]#N.O=S(=O)([O-])C(F)(F)C(F)C(F)(F)F. The van der Waals surface area contributed by atoms with Crippen LogP contribution in [-0.4, -0.2) is 43.8 Å². The third kappa shape index (κ3) is 8.48. The van der Waals surface area contributed by atoms with E-state index in [1.54, 1.807) is 17.8 Å². The van der Waals surface area contributed by atoms with Gasteiger partial charge in [-0.1, -0.05) is 29.5 Å². The molecular formula is C20H20F6N2O5S2. The van der Waals surface area contributed by atoms with Crippen LogP contribution in [0.1, 0.15) is 19.4 Å². The summed E-state index contributed by atoms with van der Waals surface area (Å²) in [6, 6.07) is 11.8. The van der Waals surface area contributed by atoms with Crippen molar-refractivity contribution in [2.45, 2.75) is 48.2 Å². The smallest absolute Gasteiger partial charge is 0.430 e. The van der Waals surface area contributed by atoms with E-state index in [1.807, 2.05) is 19.9 Å². The molecule has 35 heavy (non-hydrogen) atoms. The van der Waals surface area contributed by atoms with Gasteiger partial charge in [-0.05, 0) is 32.9 Å². The zero-order valence-electron chi connectivity index (χ0n) is 18.5. The maximum atomic E-state index is 11.8. The maximum absolute atomic E-state index is 11.8. The van der Waals surface area contributed by atoms with Gasteiger partial charge in [-0.25, -0.2) is 12.8 Å². The third-order valence-electron chi connectivity index (χ3n) is 3.90. The van der Waals surface area contributed by atoms with Gasteiger partial charge in [0.2, 0.25) is 11.1 Å². The Morgan fingerprint density at radius 2 is 1.54 bits per heavy atom. The Balaban J connectivity index is 0.000000405. The van der Waals surface area contributed by atoms with Crippen molar-refractivity contribution in [3.8, 4) is 11.5 Å². The summed E-state index contributed by atoms with van der Waals surface area (Å²) in [5.74, 6) is 1.23. The Morgan fingerprint density at radius 3 is 1.94 bits per heavy atom. The van der Waals surface area contributed by atoms with Gasteiger partial charge in [-0.15, -0.1) is 0 Å². The van der Waals surface area contributed by atoms with E-state index >= 15 is 0 Å². The van der Waals surface area contributed by atoms with Crippen LogP contribution < -0.4 is 9.47 Å². The van der Waals surface area contributed by atoms with Crippen LogP contribution in [0, 0.1) is 12.3 Å². The Hall–Kier alpha value is -2.70. The molecule has 7 nitrogen and oxygen atoms in total. The molecule has 1 atom stereocenters. The Labute approximate surface area is 201 Å². The lowest BCUT2D eigenvalue weighted by molar-refractivity contribution is -0.223. The highest BCUT2D eigenvalue weighted by Gasteiger charge is 2.61. The van der Waals surface area contributed by atoms with E-state index in [-0.39, 0.29) is 0 Å². The fourth-order valence-electron chi connectivity index (χ4n) is 2.28.